The lowest BCUT2D eigenvalue weighted by molar-refractivity contribution is 0.156. The van der Waals surface area contributed by atoms with Crippen molar-refractivity contribution in [1.82, 2.24) is 4.90 Å². The summed E-state index contributed by atoms with van der Waals surface area (Å²) in [6.45, 7) is 5.17. The van der Waals surface area contributed by atoms with E-state index >= 15 is 0 Å². The van der Waals surface area contributed by atoms with Gasteiger partial charge in [-0.2, -0.15) is 0 Å². The molecule has 0 amide bonds. The molecular formula is C15H22N2OS. The first-order valence-corrected chi connectivity index (χ1v) is 7.10. The Morgan fingerprint density at radius 2 is 2.00 bits per heavy atom. The Morgan fingerprint density at radius 1 is 1.37 bits per heavy atom. The van der Waals surface area contributed by atoms with Gasteiger partial charge in [-0.3, -0.25) is 4.90 Å². The van der Waals surface area contributed by atoms with E-state index in [1.807, 2.05) is 12.1 Å². The molecule has 0 aromatic heterocycles. The van der Waals surface area contributed by atoms with Crippen LogP contribution in [0.25, 0.3) is 0 Å². The molecule has 104 valence electrons. The molecule has 0 aliphatic carbocycles. The van der Waals surface area contributed by atoms with Crippen LogP contribution in [0.15, 0.2) is 24.3 Å². The molecule has 4 heteroatoms. The molecule has 0 saturated carbocycles. The Labute approximate surface area is 120 Å². The molecule has 1 saturated heterocycles. The predicted octanol–water partition coefficient (Wildman–Crippen LogP) is 2.58. The number of benzene rings is 1. The molecule has 2 rings (SSSR count). The van der Waals surface area contributed by atoms with Crippen LogP contribution in [0.5, 0.6) is 5.75 Å². The van der Waals surface area contributed by atoms with Crippen LogP contribution in [0.3, 0.4) is 0 Å². The van der Waals surface area contributed by atoms with E-state index in [-0.39, 0.29) is 5.41 Å². The zero-order valence-corrected chi connectivity index (χ0v) is 12.5. The van der Waals surface area contributed by atoms with E-state index in [0.29, 0.717) is 4.99 Å². The standard InChI is InChI=1S/C15H22N2OS/c1-15(14(16)19)7-9-17(10-8-15)11-12-5-3-4-6-13(12)18-2/h3-6H,7-11H2,1-2H3,(H2,16,19). The maximum absolute atomic E-state index is 5.84. The van der Waals surface area contributed by atoms with E-state index in [4.69, 9.17) is 22.7 Å². The molecule has 1 aliphatic heterocycles. The predicted molar refractivity (Wildman–Crippen MR) is 82.4 cm³/mol. The lowest BCUT2D eigenvalue weighted by Crippen LogP contribution is -2.44. The van der Waals surface area contributed by atoms with Gasteiger partial charge in [0.1, 0.15) is 5.75 Å². The van der Waals surface area contributed by atoms with Crippen molar-refractivity contribution >= 4 is 17.2 Å². The summed E-state index contributed by atoms with van der Waals surface area (Å²) in [7, 11) is 1.72. The van der Waals surface area contributed by atoms with Crippen LogP contribution in [0, 0.1) is 5.41 Å². The number of likely N-dealkylation sites (tertiary alicyclic amines) is 1. The third-order valence-electron chi connectivity index (χ3n) is 4.14. The topological polar surface area (TPSA) is 38.5 Å². The highest BCUT2D eigenvalue weighted by molar-refractivity contribution is 7.80. The Balaban J connectivity index is 1.98. The summed E-state index contributed by atoms with van der Waals surface area (Å²) >= 11 is 5.18. The molecule has 2 N–H and O–H groups in total. The van der Waals surface area contributed by atoms with E-state index in [2.05, 4.69) is 24.0 Å². The van der Waals surface area contributed by atoms with Gasteiger partial charge in [0, 0.05) is 17.5 Å². The SMILES string of the molecule is COc1ccccc1CN1CCC(C)(C(N)=S)CC1. The number of nitrogens with zero attached hydrogens (tertiary/aromatic N) is 1. The van der Waals surface area contributed by atoms with Gasteiger partial charge in [0.25, 0.3) is 0 Å². The second-order valence-corrected chi connectivity index (χ2v) is 5.95. The zero-order chi connectivity index (χ0) is 13.9. The van der Waals surface area contributed by atoms with E-state index in [1.54, 1.807) is 7.11 Å². The van der Waals surface area contributed by atoms with Crippen molar-refractivity contribution in [3.8, 4) is 5.75 Å². The lowest BCUT2D eigenvalue weighted by atomic mass is 9.80. The minimum Gasteiger partial charge on any atom is -0.496 e. The normalized spacial score (nSPS) is 19.1. The first kappa shape index (κ1) is 14.3. The molecule has 1 fully saturated rings. The summed E-state index contributed by atoms with van der Waals surface area (Å²) < 4.78 is 5.40. The Hall–Kier alpha value is -1.13. The molecule has 3 nitrogen and oxygen atoms in total. The maximum atomic E-state index is 5.84. The van der Waals surface area contributed by atoms with Crippen molar-refractivity contribution in [3.05, 3.63) is 29.8 Å². The number of methoxy groups -OCH3 is 1. The average molecular weight is 278 g/mol. The highest BCUT2D eigenvalue weighted by Crippen LogP contribution is 2.32. The van der Waals surface area contributed by atoms with Gasteiger partial charge in [-0.25, -0.2) is 0 Å². The zero-order valence-electron chi connectivity index (χ0n) is 11.7. The summed E-state index contributed by atoms with van der Waals surface area (Å²) in [5.41, 5.74) is 7.11. The molecule has 1 aromatic carbocycles. The van der Waals surface area contributed by atoms with Crippen LogP contribution in [0.1, 0.15) is 25.3 Å². The quantitative estimate of drug-likeness (QED) is 0.859. The third kappa shape index (κ3) is 3.25. The minimum atomic E-state index is 0.0343. The van der Waals surface area contributed by atoms with Crippen LogP contribution < -0.4 is 10.5 Å². The molecule has 0 spiro atoms. The number of ether oxygens (including phenoxy) is 1. The number of nitrogens with two attached hydrogens (primary N) is 1. The monoisotopic (exact) mass is 278 g/mol. The van der Waals surface area contributed by atoms with Gasteiger partial charge >= 0.3 is 0 Å². The molecule has 0 radical (unpaired) electrons. The van der Waals surface area contributed by atoms with Crippen molar-refractivity contribution in [2.24, 2.45) is 11.1 Å². The van der Waals surface area contributed by atoms with Crippen molar-refractivity contribution in [3.63, 3.8) is 0 Å². The number of hydrogen-bond donors (Lipinski definition) is 1. The van der Waals surface area contributed by atoms with Gasteiger partial charge < -0.3 is 10.5 Å². The van der Waals surface area contributed by atoms with Gasteiger partial charge in [0.2, 0.25) is 0 Å². The first-order chi connectivity index (χ1) is 9.05. The fourth-order valence-electron chi connectivity index (χ4n) is 2.53. The van der Waals surface area contributed by atoms with E-state index < -0.39 is 0 Å². The minimum absolute atomic E-state index is 0.0343. The summed E-state index contributed by atoms with van der Waals surface area (Å²) in [6, 6.07) is 8.20. The molecule has 1 aromatic rings. The summed E-state index contributed by atoms with van der Waals surface area (Å²) in [4.78, 5) is 3.10. The summed E-state index contributed by atoms with van der Waals surface area (Å²) in [5.74, 6) is 0.963. The van der Waals surface area contributed by atoms with Gasteiger partial charge in [0.15, 0.2) is 0 Å². The fourth-order valence-corrected chi connectivity index (χ4v) is 2.73. The number of piperidine rings is 1. The number of thiocarbonyl (C=S) groups is 1. The summed E-state index contributed by atoms with van der Waals surface area (Å²) in [5, 5.41) is 0. The molecule has 0 atom stereocenters. The van der Waals surface area contributed by atoms with Crippen LogP contribution in [-0.2, 0) is 6.54 Å². The molecule has 1 heterocycles. The Kier molecular flexibility index (Phi) is 4.42. The van der Waals surface area contributed by atoms with E-state index in [9.17, 15) is 0 Å². The Morgan fingerprint density at radius 3 is 2.58 bits per heavy atom. The first-order valence-electron chi connectivity index (χ1n) is 6.69. The van der Waals surface area contributed by atoms with Crippen molar-refractivity contribution in [2.75, 3.05) is 20.2 Å². The molecule has 0 bridgehead atoms. The van der Waals surface area contributed by atoms with Crippen molar-refractivity contribution in [2.45, 2.75) is 26.3 Å². The van der Waals surface area contributed by atoms with Gasteiger partial charge in [-0.1, -0.05) is 37.3 Å². The van der Waals surface area contributed by atoms with E-state index in [1.165, 1.54) is 5.56 Å². The van der Waals surface area contributed by atoms with E-state index in [0.717, 1.165) is 38.2 Å². The molecular weight excluding hydrogens is 256 g/mol. The van der Waals surface area contributed by atoms with Gasteiger partial charge in [0.05, 0.1) is 12.1 Å². The van der Waals surface area contributed by atoms with Crippen LogP contribution >= 0.6 is 12.2 Å². The fraction of sp³-hybridized carbons (Fsp3) is 0.533. The van der Waals surface area contributed by atoms with Crippen LogP contribution in [-0.4, -0.2) is 30.1 Å². The maximum Gasteiger partial charge on any atom is 0.123 e. The van der Waals surface area contributed by atoms with Gasteiger partial charge in [-0.15, -0.1) is 0 Å². The number of para-hydroxylation sites is 1. The average Bonchev–Trinajstić information content (AvgIpc) is 2.42. The third-order valence-corrected chi connectivity index (χ3v) is 4.63. The smallest absolute Gasteiger partial charge is 0.123 e. The number of hydrogen-bond acceptors (Lipinski definition) is 3. The second kappa shape index (κ2) is 5.88. The molecule has 0 unspecified atom stereocenters. The second-order valence-electron chi connectivity index (χ2n) is 5.51. The summed E-state index contributed by atoms with van der Waals surface area (Å²) in [6.07, 6.45) is 2.08. The largest absolute Gasteiger partial charge is 0.496 e. The molecule has 1 aliphatic rings. The van der Waals surface area contributed by atoms with Crippen LogP contribution in [0.4, 0.5) is 0 Å². The molecule has 19 heavy (non-hydrogen) atoms. The van der Waals surface area contributed by atoms with Crippen LogP contribution in [0.2, 0.25) is 0 Å². The lowest BCUT2D eigenvalue weighted by Gasteiger charge is -2.38. The van der Waals surface area contributed by atoms with Crippen molar-refractivity contribution < 1.29 is 4.74 Å². The Bertz CT molecular complexity index is 453. The highest BCUT2D eigenvalue weighted by atomic mass is 32.1. The van der Waals surface area contributed by atoms with Gasteiger partial charge in [-0.05, 0) is 32.0 Å². The highest BCUT2D eigenvalue weighted by Gasteiger charge is 2.32. The number of rotatable bonds is 4. The van der Waals surface area contributed by atoms with Crippen molar-refractivity contribution in [1.29, 1.82) is 0 Å².